The SMILES string of the molecule is Cc1cc(C(=O)O)cc(S(=O)(=O)NC(C)C2CCC2)c1C. The van der Waals surface area contributed by atoms with Gasteiger partial charge >= 0.3 is 5.97 Å². The van der Waals surface area contributed by atoms with Crippen molar-refractivity contribution in [3.63, 3.8) is 0 Å². The highest BCUT2D eigenvalue weighted by Gasteiger charge is 2.29. The van der Waals surface area contributed by atoms with Crippen molar-refractivity contribution >= 4 is 16.0 Å². The number of nitrogens with one attached hydrogen (secondary N) is 1. The van der Waals surface area contributed by atoms with Crippen molar-refractivity contribution in [2.75, 3.05) is 0 Å². The molecule has 0 saturated heterocycles. The largest absolute Gasteiger partial charge is 0.478 e. The molecule has 6 heteroatoms. The summed E-state index contributed by atoms with van der Waals surface area (Å²) in [7, 11) is -3.70. The Hall–Kier alpha value is -1.40. The Morgan fingerprint density at radius 3 is 2.43 bits per heavy atom. The van der Waals surface area contributed by atoms with E-state index in [1.807, 2.05) is 6.92 Å². The van der Waals surface area contributed by atoms with Crippen molar-refractivity contribution in [1.82, 2.24) is 4.72 Å². The van der Waals surface area contributed by atoms with Crippen LogP contribution in [-0.2, 0) is 10.0 Å². The van der Waals surface area contributed by atoms with Crippen molar-refractivity contribution in [2.45, 2.75) is 51.0 Å². The van der Waals surface area contributed by atoms with Crippen LogP contribution in [0.1, 0.15) is 47.7 Å². The monoisotopic (exact) mass is 311 g/mol. The number of carbonyl (C=O) groups is 1. The molecular weight excluding hydrogens is 290 g/mol. The van der Waals surface area contributed by atoms with Crippen LogP contribution in [0, 0.1) is 19.8 Å². The van der Waals surface area contributed by atoms with Crippen LogP contribution >= 0.6 is 0 Å². The van der Waals surface area contributed by atoms with Crippen LogP contribution in [0.2, 0.25) is 0 Å². The van der Waals surface area contributed by atoms with Gasteiger partial charge in [-0.3, -0.25) is 0 Å². The molecule has 0 amide bonds. The molecule has 0 radical (unpaired) electrons. The molecular formula is C15H21NO4S. The molecule has 1 atom stereocenters. The van der Waals surface area contributed by atoms with Gasteiger partial charge in [0, 0.05) is 6.04 Å². The van der Waals surface area contributed by atoms with Gasteiger partial charge in [-0.15, -0.1) is 0 Å². The van der Waals surface area contributed by atoms with Gasteiger partial charge in [0.05, 0.1) is 10.5 Å². The summed E-state index contributed by atoms with van der Waals surface area (Å²) in [5.41, 5.74) is 1.25. The van der Waals surface area contributed by atoms with Gasteiger partial charge in [0.1, 0.15) is 0 Å². The maximum absolute atomic E-state index is 12.5. The summed E-state index contributed by atoms with van der Waals surface area (Å²) < 4.78 is 27.7. The number of carboxylic acid groups (broad SMARTS) is 1. The minimum absolute atomic E-state index is 0.00484. The van der Waals surface area contributed by atoms with Crippen LogP contribution in [0.5, 0.6) is 0 Å². The zero-order valence-corrected chi connectivity index (χ0v) is 13.3. The molecule has 116 valence electrons. The molecule has 21 heavy (non-hydrogen) atoms. The van der Waals surface area contributed by atoms with Crippen molar-refractivity contribution in [2.24, 2.45) is 5.92 Å². The predicted octanol–water partition coefficient (Wildman–Crippen LogP) is 2.47. The molecule has 1 aromatic carbocycles. The fourth-order valence-electron chi connectivity index (χ4n) is 2.57. The topological polar surface area (TPSA) is 83.5 Å². The first-order valence-electron chi connectivity index (χ1n) is 7.09. The standard InChI is InChI=1S/C15H21NO4S/c1-9-7-13(15(17)18)8-14(10(9)2)21(19,20)16-11(3)12-5-4-6-12/h7-8,11-12,16H,4-6H2,1-3H3,(H,17,18). The number of benzene rings is 1. The van der Waals surface area contributed by atoms with Gasteiger partial charge in [0.25, 0.3) is 0 Å². The van der Waals surface area contributed by atoms with Gasteiger partial charge < -0.3 is 5.11 Å². The van der Waals surface area contributed by atoms with E-state index in [-0.39, 0.29) is 16.5 Å². The second kappa shape index (κ2) is 5.77. The lowest BCUT2D eigenvalue weighted by molar-refractivity contribution is 0.0696. The summed E-state index contributed by atoms with van der Waals surface area (Å²) in [5.74, 6) is -0.745. The predicted molar refractivity (Wildman–Crippen MR) is 80.0 cm³/mol. The van der Waals surface area contributed by atoms with Crippen LogP contribution in [0.4, 0.5) is 0 Å². The van der Waals surface area contributed by atoms with Gasteiger partial charge in [0.15, 0.2) is 0 Å². The smallest absolute Gasteiger partial charge is 0.335 e. The highest BCUT2D eigenvalue weighted by atomic mass is 32.2. The Labute approximate surface area is 125 Å². The van der Waals surface area contributed by atoms with Gasteiger partial charge in [-0.25, -0.2) is 17.9 Å². The molecule has 2 rings (SSSR count). The van der Waals surface area contributed by atoms with Crippen LogP contribution < -0.4 is 4.72 Å². The van der Waals surface area contributed by atoms with Crippen LogP contribution in [-0.4, -0.2) is 25.5 Å². The van der Waals surface area contributed by atoms with Crippen LogP contribution in [0.25, 0.3) is 0 Å². The fraction of sp³-hybridized carbons (Fsp3) is 0.533. The average Bonchev–Trinajstić information content (AvgIpc) is 2.28. The molecule has 1 unspecified atom stereocenters. The first-order valence-corrected chi connectivity index (χ1v) is 8.57. The molecule has 0 aliphatic heterocycles. The van der Waals surface area contributed by atoms with Gasteiger partial charge in [0.2, 0.25) is 10.0 Å². The van der Waals surface area contributed by atoms with E-state index < -0.39 is 16.0 Å². The third-order valence-electron chi connectivity index (χ3n) is 4.35. The number of aryl methyl sites for hydroxylation is 1. The normalized spacial score (nSPS) is 17.3. The lowest BCUT2D eigenvalue weighted by Crippen LogP contribution is -2.40. The minimum Gasteiger partial charge on any atom is -0.478 e. The van der Waals surface area contributed by atoms with E-state index >= 15 is 0 Å². The van der Waals surface area contributed by atoms with Crippen molar-refractivity contribution < 1.29 is 18.3 Å². The van der Waals surface area contributed by atoms with E-state index in [2.05, 4.69) is 4.72 Å². The van der Waals surface area contributed by atoms with E-state index in [9.17, 15) is 13.2 Å². The number of sulfonamides is 1. The molecule has 2 N–H and O–H groups in total. The van der Waals surface area contributed by atoms with Crippen molar-refractivity contribution in [1.29, 1.82) is 0 Å². The van der Waals surface area contributed by atoms with E-state index in [0.29, 0.717) is 17.0 Å². The Morgan fingerprint density at radius 1 is 1.33 bits per heavy atom. The summed E-state index contributed by atoms with van der Waals surface area (Å²) in [6, 6.07) is 2.60. The van der Waals surface area contributed by atoms with E-state index in [0.717, 1.165) is 19.3 Å². The minimum atomic E-state index is -3.70. The number of aromatic carboxylic acids is 1. The highest BCUT2D eigenvalue weighted by Crippen LogP contribution is 2.30. The van der Waals surface area contributed by atoms with Gasteiger partial charge in [-0.1, -0.05) is 6.42 Å². The molecule has 0 spiro atoms. The first kappa shape index (κ1) is 16.0. The molecule has 0 bridgehead atoms. The molecule has 1 aromatic rings. The second-order valence-electron chi connectivity index (χ2n) is 5.82. The Kier molecular flexibility index (Phi) is 4.39. The van der Waals surface area contributed by atoms with E-state index in [4.69, 9.17) is 5.11 Å². The Bertz CT molecular complexity index is 662. The second-order valence-corrected chi connectivity index (χ2v) is 7.50. The number of hydrogen-bond donors (Lipinski definition) is 2. The maximum Gasteiger partial charge on any atom is 0.335 e. The summed E-state index contributed by atoms with van der Waals surface area (Å²) in [5, 5.41) is 9.09. The zero-order valence-electron chi connectivity index (χ0n) is 12.5. The summed E-state index contributed by atoms with van der Waals surface area (Å²) in [6.07, 6.45) is 3.22. The molecule has 1 fully saturated rings. The van der Waals surface area contributed by atoms with Crippen LogP contribution in [0.15, 0.2) is 17.0 Å². The maximum atomic E-state index is 12.5. The van der Waals surface area contributed by atoms with Crippen LogP contribution in [0.3, 0.4) is 0 Å². The zero-order chi connectivity index (χ0) is 15.8. The number of carboxylic acids is 1. The highest BCUT2D eigenvalue weighted by molar-refractivity contribution is 7.89. The van der Waals surface area contributed by atoms with Crippen molar-refractivity contribution in [3.05, 3.63) is 28.8 Å². The Balaban J connectivity index is 2.36. The third-order valence-corrected chi connectivity index (χ3v) is 6.04. The summed E-state index contributed by atoms with van der Waals surface area (Å²) in [6.45, 7) is 5.28. The molecule has 0 heterocycles. The number of rotatable bonds is 5. The summed E-state index contributed by atoms with van der Waals surface area (Å²) in [4.78, 5) is 11.2. The fourth-order valence-corrected chi connectivity index (χ4v) is 4.23. The van der Waals surface area contributed by atoms with Gasteiger partial charge in [-0.2, -0.15) is 0 Å². The first-order chi connectivity index (χ1) is 9.72. The lowest BCUT2D eigenvalue weighted by Gasteiger charge is -2.31. The lowest BCUT2D eigenvalue weighted by atomic mass is 9.81. The molecule has 0 aromatic heterocycles. The van der Waals surface area contributed by atoms with Gasteiger partial charge in [-0.05, 0) is 62.8 Å². The summed E-state index contributed by atoms with van der Waals surface area (Å²) >= 11 is 0. The van der Waals surface area contributed by atoms with E-state index in [1.165, 1.54) is 12.1 Å². The van der Waals surface area contributed by atoms with Crippen molar-refractivity contribution in [3.8, 4) is 0 Å². The average molecular weight is 311 g/mol. The number of hydrogen-bond acceptors (Lipinski definition) is 3. The third kappa shape index (κ3) is 3.27. The molecule has 1 saturated carbocycles. The molecule has 1 aliphatic rings. The molecule has 1 aliphatic carbocycles. The quantitative estimate of drug-likeness (QED) is 0.875. The van der Waals surface area contributed by atoms with E-state index in [1.54, 1.807) is 13.8 Å². The molecule has 5 nitrogen and oxygen atoms in total. The Morgan fingerprint density at radius 2 is 1.95 bits per heavy atom.